The summed E-state index contributed by atoms with van der Waals surface area (Å²) in [6, 6.07) is 25.0. The Bertz CT molecular complexity index is 1450. The Morgan fingerprint density at radius 1 is 1.00 bits per heavy atom. The van der Waals surface area contributed by atoms with E-state index in [2.05, 4.69) is 15.1 Å². The molecule has 1 unspecified atom stereocenters. The Labute approximate surface area is 243 Å². The molecule has 9 nitrogen and oxygen atoms in total. The van der Waals surface area contributed by atoms with Gasteiger partial charge in [0.25, 0.3) is 0 Å². The molecule has 5 N–H and O–H groups in total. The smallest absolute Gasteiger partial charge is 0.411 e. The third kappa shape index (κ3) is 7.62. The molecule has 1 aromatic heterocycles. The van der Waals surface area contributed by atoms with Crippen molar-refractivity contribution >= 4 is 39.0 Å². The number of ether oxygens (including phenoxy) is 2. The number of carbonyl (C=O) groups excluding carboxylic acids is 1. The number of aliphatic hydroxyl groups is 1. The first kappa shape index (κ1) is 28.6. The maximum atomic E-state index is 12.7. The highest BCUT2D eigenvalue weighted by Gasteiger charge is 2.19. The molecular weight excluding hydrogens is 538 g/mol. The van der Waals surface area contributed by atoms with E-state index >= 15 is 0 Å². The molecule has 0 radical (unpaired) electrons. The summed E-state index contributed by atoms with van der Waals surface area (Å²) in [6.45, 7) is 5.64. The van der Waals surface area contributed by atoms with Gasteiger partial charge in [-0.3, -0.25) is 20.5 Å². The number of nitrogens with two attached hydrogens (primary N) is 1. The zero-order valence-electron chi connectivity index (χ0n) is 22.8. The first-order valence-electron chi connectivity index (χ1n) is 13.7. The second kappa shape index (κ2) is 13.6. The average Bonchev–Trinajstić information content (AvgIpc) is 3.44. The number of hydrogen-bond acceptors (Lipinski definition) is 8. The molecule has 10 heteroatoms. The molecule has 214 valence electrons. The van der Waals surface area contributed by atoms with Gasteiger partial charge in [-0.15, -0.1) is 11.3 Å². The van der Waals surface area contributed by atoms with Crippen molar-refractivity contribution in [3.63, 3.8) is 0 Å². The Balaban J connectivity index is 1.18. The topological polar surface area (TPSA) is 124 Å². The van der Waals surface area contributed by atoms with Crippen molar-refractivity contribution in [1.29, 1.82) is 5.41 Å². The van der Waals surface area contributed by atoms with Gasteiger partial charge in [0.15, 0.2) is 6.10 Å². The summed E-state index contributed by atoms with van der Waals surface area (Å²) in [5, 5.41) is 20.6. The summed E-state index contributed by atoms with van der Waals surface area (Å²) in [5.41, 5.74) is 8.41. The molecule has 1 aliphatic rings. The lowest BCUT2D eigenvalue weighted by atomic mass is 10.1. The summed E-state index contributed by atoms with van der Waals surface area (Å²) in [4.78, 5) is 18.1. The summed E-state index contributed by atoms with van der Waals surface area (Å²) in [6.07, 6.45) is -1.09. The second-order valence-electron chi connectivity index (χ2n) is 9.97. The number of aliphatic hydroxyl groups excluding tert-OH is 1. The SMILES string of the molecule is N=C(N)c1cc2c(OC(COC(=O)Nc3ccc(CN4CCN(CCO)CC4)cc3)c3ccccc3)cccc2s1. The van der Waals surface area contributed by atoms with E-state index in [4.69, 9.17) is 25.7 Å². The van der Waals surface area contributed by atoms with Gasteiger partial charge < -0.3 is 20.3 Å². The minimum absolute atomic E-state index is 0.0102. The van der Waals surface area contributed by atoms with Gasteiger partial charge in [0.2, 0.25) is 0 Å². The zero-order chi connectivity index (χ0) is 28.6. The number of amidine groups is 1. The number of fused-ring (bicyclic) bond motifs is 1. The Morgan fingerprint density at radius 3 is 2.44 bits per heavy atom. The normalized spacial score (nSPS) is 15.0. The molecule has 0 spiro atoms. The molecular formula is C31H35N5O4S. The molecule has 4 aromatic rings. The van der Waals surface area contributed by atoms with E-state index in [0.717, 1.165) is 54.9 Å². The van der Waals surface area contributed by atoms with E-state index in [-0.39, 0.29) is 19.0 Å². The van der Waals surface area contributed by atoms with Gasteiger partial charge in [-0.05, 0) is 41.5 Å². The number of hydrogen-bond donors (Lipinski definition) is 4. The number of anilines is 1. The second-order valence-corrected chi connectivity index (χ2v) is 11.1. The quantitative estimate of drug-likeness (QED) is 0.152. The maximum Gasteiger partial charge on any atom is 0.411 e. The van der Waals surface area contributed by atoms with Crippen LogP contribution < -0.4 is 15.8 Å². The molecule has 1 atom stereocenters. The molecule has 41 heavy (non-hydrogen) atoms. The summed E-state index contributed by atoms with van der Waals surface area (Å²) < 4.78 is 13.0. The van der Waals surface area contributed by atoms with Crippen molar-refractivity contribution in [2.45, 2.75) is 12.6 Å². The number of rotatable bonds is 11. The van der Waals surface area contributed by atoms with Crippen LogP contribution in [0.25, 0.3) is 10.1 Å². The number of nitrogen functional groups attached to an aromatic ring is 1. The van der Waals surface area contributed by atoms with Crippen LogP contribution >= 0.6 is 11.3 Å². The van der Waals surface area contributed by atoms with Crippen LogP contribution in [0.1, 0.15) is 22.1 Å². The van der Waals surface area contributed by atoms with Crippen molar-refractivity contribution in [2.75, 3.05) is 51.3 Å². The fraction of sp³-hybridized carbons (Fsp3) is 0.290. The van der Waals surface area contributed by atoms with E-state index in [1.807, 2.05) is 78.9 Å². The minimum atomic E-state index is -0.560. The standard InChI is InChI=1S/C31H35N5O4S/c32-30(33)29-19-25-26(7-4-8-28(25)41-29)40-27(23-5-2-1-3-6-23)21-39-31(38)34-24-11-9-22(10-12-24)20-36-15-13-35(14-16-36)17-18-37/h1-12,19,27,37H,13-18,20-21H2,(H3,32,33)(H,34,38). The predicted octanol–water partition coefficient (Wildman–Crippen LogP) is 4.66. The largest absolute Gasteiger partial charge is 0.481 e. The van der Waals surface area contributed by atoms with Crippen LogP contribution in [0.5, 0.6) is 5.75 Å². The minimum Gasteiger partial charge on any atom is -0.481 e. The molecule has 1 amide bonds. The average molecular weight is 574 g/mol. The highest BCUT2D eigenvalue weighted by Crippen LogP contribution is 2.35. The van der Waals surface area contributed by atoms with Gasteiger partial charge in [-0.2, -0.15) is 0 Å². The van der Waals surface area contributed by atoms with E-state index in [0.29, 0.717) is 16.3 Å². The van der Waals surface area contributed by atoms with Crippen LogP contribution in [0.15, 0.2) is 78.9 Å². The lowest BCUT2D eigenvalue weighted by Crippen LogP contribution is -2.46. The number of benzene rings is 3. The van der Waals surface area contributed by atoms with Crippen LogP contribution in [-0.4, -0.2) is 72.8 Å². The molecule has 3 aromatic carbocycles. The van der Waals surface area contributed by atoms with Crippen LogP contribution in [0.3, 0.4) is 0 Å². The molecule has 5 rings (SSSR count). The molecule has 2 heterocycles. The number of nitrogens with one attached hydrogen (secondary N) is 2. The van der Waals surface area contributed by atoms with Crippen molar-refractivity contribution in [3.8, 4) is 5.75 Å². The van der Waals surface area contributed by atoms with Crippen molar-refractivity contribution < 1.29 is 19.4 Å². The Morgan fingerprint density at radius 2 is 1.73 bits per heavy atom. The van der Waals surface area contributed by atoms with Gasteiger partial charge in [0.1, 0.15) is 18.2 Å². The van der Waals surface area contributed by atoms with E-state index in [9.17, 15) is 4.79 Å². The van der Waals surface area contributed by atoms with Crippen molar-refractivity contribution in [1.82, 2.24) is 9.80 Å². The molecule has 1 aliphatic heterocycles. The fourth-order valence-electron chi connectivity index (χ4n) is 4.86. The number of amides is 1. The lowest BCUT2D eigenvalue weighted by molar-refractivity contribution is 0.0910. The highest BCUT2D eigenvalue weighted by molar-refractivity contribution is 7.20. The number of thiophene rings is 1. The molecule has 0 bridgehead atoms. The van der Waals surface area contributed by atoms with Gasteiger partial charge in [0.05, 0.1) is 11.5 Å². The van der Waals surface area contributed by atoms with Gasteiger partial charge in [-0.1, -0.05) is 48.5 Å². The summed E-state index contributed by atoms with van der Waals surface area (Å²) in [7, 11) is 0. The van der Waals surface area contributed by atoms with Crippen LogP contribution in [-0.2, 0) is 11.3 Å². The zero-order valence-corrected chi connectivity index (χ0v) is 23.6. The highest BCUT2D eigenvalue weighted by atomic mass is 32.1. The Kier molecular flexibility index (Phi) is 9.48. The number of carbonyl (C=O) groups is 1. The van der Waals surface area contributed by atoms with Crippen molar-refractivity contribution in [3.05, 3.63) is 94.9 Å². The maximum absolute atomic E-state index is 12.7. The molecule has 0 aliphatic carbocycles. The summed E-state index contributed by atoms with van der Waals surface area (Å²) >= 11 is 1.44. The van der Waals surface area contributed by atoms with Gasteiger partial charge in [-0.25, -0.2) is 4.79 Å². The Hall–Kier alpha value is -3.96. The van der Waals surface area contributed by atoms with Crippen LogP contribution in [0, 0.1) is 5.41 Å². The number of piperazine rings is 1. The number of nitrogens with zero attached hydrogens (tertiary/aromatic N) is 2. The van der Waals surface area contributed by atoms with Gasteiger partial charge >= 0.3 is 6.09 Å². The third-order valence-corrected chi connectivity index (χ3v) is 8.21. The van der Waals surface area contributed by atoms with E-state index in [1.54, 1.807) is 0 Å². The van der Waals surface area contributed by atoms with Crippen LogP contribution in [0.2, 0.25) is 0 Å². The molecule has 0 saturated carbocycles. The van der Waals surface area contributed by atoms with Crippen molar-refractivity contribution in [2.24, 2.45) is 5.73 Å². The molecule has 1 saturated heterocycles. The first-order valence-corrected chi connectivity index (χ1v) is 14.5. The lowest BCUT2D eigenvalue weighted by Gasteiger charge is -2.34. The van der Waals surface area contributed by atoms with Crippen LogP contribution in [0.4, 0.5) is 10.5 Å². The molecule has 1 fully saturated rings. The monoisotopic (exact) mass is 573 g/mol. The number of β-amino-alcohol motifs (C(OH)–C–C–N with tert-alkyl or cyclic N) is 1. The third-order valence-electron chi connectivity index (χ3n) is 7.08. The first-order chi connectivity index (χ1) is 20.0. The summed E-state index contributed by atoms with van der Waals surface area (Å²) in [5.74, 6) is 0.649. The van der Waals surface area contributed by atoms with E-state index in [1.165, 1.54) is 16.9 Å². The van der Waals surface area contributed by atoms with Gasteiger partial charge in [0, 0.05) is 55.0 Å². The van der Waals surface area contributed by atoms with E-state index < -0.39 is 12.2 Å². The predicted molar refractivity (Wildman–Crippen MR) is 163 cm³/mol. The fourth-order valence-corrected chi connectivity index (χ4v) is 5.80.